The summed E-state index contributed by atoms with van der Waals surface area (Å²) in [5.41, 5.74) is 0.553. The van der Waals surface area contributed by atoms with Crippen LogP contribution < -0.4 is 0 Å². The topological polar surface area (TPSA) is 72.9 Å². The first-order valence-electron chi connectivity index (χ1n) is 5.51. The lowest BCUT2D eigenvalue weighted by atomic mass is 10.2. The Hall–Kier alpha value is -2.44. The van der Waals surface area contributed by atoms with Crippen molar-refractivity contribution in [3.8, 4) is 0 Å². The summed E-state index contributed by atoms with van der Waals surface area (Å²) in [6, 6.07) is 5.32. The number of carbonyl (C=O) groups excluding carboxylic acids is 3. The fraction of sp³-hybridized carbons (Fsp3) is 0.250. The Labute approximate surface area is 107 Å². The highest BCUT2D eigenvalue weighted by Crippen LogP contribution is 2.13. The van der Waals surface area contributed by atoms with E-state index in [-0.39, 0.29) is 19.4 Å². The Morgan fingerprint density at radius 2 is 1.74 bits per heavy atom. The molecule has 2 amide bonds. The van der Waals surface area contributed by atoms with Gasteiger partial charge in [0.15, 0.2) is 0 Å². The predicted molar refractivity (Wildman–Crippen MR) is 58.8 cm³/mol. The highest BCUT2D eigenvalue weighted by atomic mass is 19.1. The van der Waals surface area contributed by atoms with E-state index in [9.17, 15) is 18.8 Å². The molecule has 100 valence electrons. The minimum Gasteiger partial charge on any atom is -0.428 e. The van der Waals surface area contributed by atoms with Crippen LogP contribution in [-0.4, -0.2) is 23.0 Å². The maximum atomic E-state index is 12.6. The van der Waals surface area contributed by atoms with Gasteiger partial charge in [-0.15, -0.1) is 0 Å². The lowest BCUT2D eigenvalue weighted by Crippen LogP contribution is -2.32. The van der Waals surface area contributed by atoms with Gasteiger partial charge in [-0.25, -0.2) is 9.18 Å². The van der Waals surface area contributed by atoms with Crippen LogP contribution >= 0.6 is 0 Å². The smallest absolute Gasteiger partial charge is 0.428 e. The molecule has 1 aromatic carbocycles. The minimum absolute atomic E-state index is 0.0179. The van der Waals surface area contributed by atoms with Gasteiger partial charge in [0.2, 0.25) is 0 Å². The number of ether oxygens (including phenoxy) is 1. The Bertz CT molecular complexity index is 497. The van der Waals surface area contributed by atoms with Crippen LogP contribution in [0.4, 0.5) is 9.18 Å². The Balaban J connectivity index is 1.83. The Morgan fingerprint density at radius 3 is 2.32 bits per heavy atom. The van der Waals surface area contributed by atoms with E-state index in [1.165, 1.54) is 24.3 Å². The van der Waals surface area contributed by atoms with E-state index < -0.39 is 23.8 Å². The fourth-order valence-corrected chi connectivity index (χ4v) is 1.48. The van der Waals surface area contributed by atoms with Gasteiger partial charge in [-0.05, 0) is 17.7 Å². The first kappa shape index (κ1) is 13.0. The molecule has 2 rings (SSSR count). The number of halogens is 1. The summed E-state index contributed by atoms with van der Waals surface area (Å²) in [7, 11) is 0. The third kappa shape index (κ3) is 3.27. The maximum Gasteiger partial charge on any atom is 0.534 e. The van der Waals surface area contributed by atoms with Crippen LogP contribution in [0.2, 0.25) is 0 Å². The summed E-state index contributed by atoms with van der Waals surface area (Å²) in [5, 5.41) is 0.396. The van der Waals surface area contributed by atoms with E-state index in [1.807, 2.05) is 0 Å². The molecule has 1 aliphatic rings. The summed E-state index contributed by atoms with van der Waals surface area (Å²) >= 11 is 0. The zero-order chi connectivity index (χ0) is 13.8. The maximum absolute atomic E-state index is 12.6. The van der Waals surface area contributed by atoms with Gasteiger partial charge in [-0.2, -0.15) is 0 Å². The van der Waals surface area contributed by atoms with Crippen LogP contribution in [0.25, 0.3) is 0 Å². The van der Waals surface area contributed by atoms with Crippen LogP contribution in [0, 0.1) is 5.82 Å². The highest BCUT2D eigenvalue weighted by Gasteiger charge is 2.33. The molecular formula is C12H10FNO5. The zero-order valence-electron chi connectivity index (χ0n) is 9.80. The molecule has 0 saturated carbocycles. The molecule has 1 aliphatic heterocycles. The van der Waals surface area contributed by atoms with Gasteiger partial charge < -0.3 is 4.74 Å². The van der Waals surface area contributed by atoms with E-state index in [4.69, 9.17) is 4.74 Å². The number of benzene rings is 1. The molecule has 7 heteroatoms. The average molecular weight is 267 g/mol. The summed E-state index contributed by atoms with van der Waals surface area (Å²) in [5.74, 6) is -1.56. The molecule has 0 aliphatic carbocycles. The number of carbonyl (C=O) groups is 3. The third-order valence-corrected chi connectivity index (χ3v) is 2.44. The van der Waals surface area contributed by atoms with Crippen LogP contribution in [-0.2, 0) is 25.8 Å². The molecule has 0 spiro atoms. The second-order valence-electron chi connectivity index (χ2n) is 3.84. The predicted octanol–water partition coefficient (Wildman–Crippen LogP) is 1.54. The van der Waals surface area contributed by atoms with Gasteiger partial charge in [0.25, 0.3) is 11.8 Å². The lowest BCUT2D eigenvalue weighted by molar-refractivity contribution is -0.177. The van der Waals surface area contributed by atoms with E-state index >= 15 is 0 Å². The summed E-state index contributed by atoms with van der Waals surface area (Å²) in [6.07, 6.45) is -1.12. The van der Waals surface area contributed by atoms with E-state index in [2.05, 4.69) is 4.84 Å². The number of hydrogen-bond acceptors (Lipinski definition) is 5. The van der Waals surface area contributed by atoms with Gasteiger partial charge in [0.1, 0.15) is 12.4 Å². The molecule has 1 saturated heterocycles. The van der Waals surface area contributed by atoms with E-state index in [0.717, 1.165) is 0 Å². The van der Waals surface area contributed by atoms with Gasteiger partial charge in [0, 0.05) is 12.8 Å². The standard InChI is InChI=1S/C12H10FNO5/c13-9-3-1-8(2-4-9)7-18-12(17)19-14-10(15)5-6-11(14)16/h1-4H,5-7H2. The normalized spacial score (nSPS) is 14.7. The second-order valence-corrected chi connectivity index (χ2v) is 3.84. The van der Waals surface area contributed by atoms with Crippen molar-refractivity contribution in [2.75, 3.05) is 0 Å². The number of imide groups is 1. The monoisotopic (exact) mass is 267 g/mol. The third-order valence-electron chi connectivity index (χ3n) is 2.44. The number of nitrogens with zero attached hydrogens (tertiary/aromatic N) is 1. The summed E-state index contributed by atoms with van der Waals surface area (Å²) in [6.45, 7) is -0.144. The van der Waals surface area contributed by atoms with E-state index in [0.29, 0.717) is 10.6 Å². The van der Waals surface area contributed by atoms with Crippen molar-refractivity contribution in [1.29, 1.82) is 0 Å². The van der Waals surface area contributed by atoms with Crippen molar-refractivity contribution in [3.63, 3.8) is 0 Å². The summed E-state index contributed by atoms with van der Waals surface area (Å²) in [4.78, 5) is 38.1. The Kier molecular flexibility index (Phi) is 3.74. The number of amides is 2. The fourth-order valence-electron chi connectivity index (χ4n) is 1.48. The second kappa shape index (κ2) is 5.47. The van der Waals surface area contributed by atoms with Crippen molar-refractivity contribution in [3.05, 3.63) is 35.6 Å². The molecule has 0 aromatic heterocycles. The van der Waals surface area contributed by atoms with Crippen molar-refractivity contribution < 1.29 is 28.3 Å². The molecule has 1 heterocycles. The first-order valence-corrected chi connectivity index (χ1v) is 5.51. The van der Waals surface area contributed by atoms with Crippen LogP contribution in [0.5, 0.6) is 0 Å². The first-order chi connectivity index (χ1) is 9.06. The SMILES string of the molecule is O=C(OCc1ccc(F)cc1)ON1C(=O)CCC1=O. The zero-order valence-corrected chi connectivity index (χ0v) is 9.80. The minimum atomic E-state index is -1.16. The van der Waals surface area contributed by atoms with Crippen molar-refractivity contribution in [2.45, 2.75) is 19.4 Å². The average Bonchev–Trinajstić information content (AvgIpc) is 2.70. The molecule has 0 N–H and O–H groups in total. The molecule has 0 radical (unpaired) electrons. The van der Waals surface area contributed by atoms with Crippen molar-refractivity contribution >= 4 is 18.0 Å². The van der Waals surface area contributed by atoms with Gasteiger partial charge >= 0.3 is 6.16 Å². The molecule has 1 fully saturated rings. The van der Waals surface area contributed by atoms with Gasteiger partial charge in [-0.3, -0.25) is 14.4 Å². The van der Waals surface area contributed by atoms with Crippen LogP contribution in [0.1, 0.15) is 18.4 Å². The molecule has 0 bridgehead atoms. The molecule has 19 heavy (non-hydrogen) atoms. The van der Waals surface area contributed by atoms with Crippen LogP contribution in [0.3, 0.4) is 0 Å². The molecule has 0 atom stereocenters. The molecule has 0 unspecified atom stereocenters. The Morgan fingerprint density at radius 1 is 1.16 bits per heavy atom. The summed E-state index contributed by atoms with van der Waals surface area (Å²) < 4.78 is 17.3. The van der Waals surface area contributed by atoms with Crippen LogP contribution in [0.15, 0.2) is 24.3 Å². The van der Waals surface area contributed by atoms with E-state index in [1.54, 1.807) is 0 Å². The molecule has 1 aromatic rings. The number of hydroxylamine groups is 2. The number of hydrogen-bond donors (Lipinski definition) is 0. The van der Waals surface area contributed by atoms with Gasteiger partial charge in [-0.1, -0.05) is 17.2 Å². The van der Waals surface area contributed by atoms with Crippen molar-refractivity contribution in [2.24, 2.45) is 0 Å². The quantitative estimate of drug-likeness (QED) is 0.613. The molecule has 6 nitrogen and oxygen atoms in total. The number of rotatable bonds is 3. The van der Waals surface area contributed by atoms with Crippen molar-refractivity contribution in [1.82, 2.24) is 5.06 Å². The highest BCUT2D eigenvalue weighted by molar-refractivity contribution is 6.01. The lowest BCUT2D eigenvalue weighted by Gasteiger charge is -2.12. The van der Waals surface area contributed by atoms with Gasteiger partial charge in [0.05, 0.1) is 0 Å². The largest absolute Gasteiger partial charge is 0.534 e. The molecular weight excluding hydrogens is 257 g/mol.